The molecule has 0 spiro atoms. The Labute approximate surface area is 214 Å². The number of carbonyl (C=O) groups excluding carboxylic acids is 1. The molecule has 1 amide bonds. The highest BCUT2D eigenvalue weighted by molar-refractivity contribution is 5.96. The molecule has 0 aromatic heterocycles. The second-order valence-electron chi connectivity index (χ2n) is 8.36. The van der Waals surface area contributed by atoms with Crippen LogP contribution in [0.2, 0.25) is 0 Å². The van der Waals surface area contributed by atoms with Gasteiger partial charge in [-0.1, -0.05) is 82.0 Å². The van der Waals surface area contributed by atoms with Gasteiger partial charge in [0.05, 0.1) is 11.9 Å². The summed E-state index contributed by atoms with van der Waals surface area (Å²) in [5.74, 6) is -0.488. The molecule has 0 saturated carbocycles. The van der Waals surface area contributed by atoms with Gasteiger partial charge in [-0.2, -0.15) is 0 Å². The Kier molecular flexibility index (Phi) is 11.1. The van der Waals surface area contributed by atoms with Gasteiger partial charge in [-0.05, 0) is 60.8 Å². The van der Waals surface area contributed by atoms with Gasteiger partial charge in [0.15, 0.2) is 0 Å². The fourth-order valence-electron chi connectivity index (χ4n) is 3.74. The van der Waals surface area contributed by atoms with Gasteiger partial charge in [-0.15, -0.1) is 0 Å². The number of benzene rings is 2. The molecule has 5 nitrogen and oxygen atoms in total. The number of carbonyl (C=O) groups is 1. The molecule has 5 heteroatoms. The van der Waals surface area contributed by atoms with E-state index >= 15 is 0 Å². The number of amides is 1. The molecule has 0 unspecified atom stereocenters. The van der Waals surface area contributed by atoms with E-state index in [1.54, 1.807) is 24.3 Å². The number of nitrogens with one attached hydrogen (secondary N) is 2. The number of anilines is 1. The summed E-state index contributed by atoms with van der Waals surface area (Å²) in [6.45, 7) is 16.0. The Bertz CT molecular complexity index is 1190. The molecular weight excluding hydrogens is 448 g/mol. The van der Waals surface area contributed by atoms with Gasteiger partial charge in [-0.3, -0.25) is 4.79 Å². The molecule has 2 aromatic carbocycles. The van der Waals surface area contributed by atoms with Gasteiger partial charge in [0.1, 0.15) is 5.75 Å². The third-order valence-corrected chi connectivity index (χ3v) is 5.76. The van der Waals surface area contributed by atoms with Crippen LogP contribution < -0.4 is 10.6 Å². The highest BCUT2D eigenvalue weighted by Crippen LogP contribution is 2.30. The smallest absolute Gasteiger partial charge is 0.255 e. The zero-order valence-corrected chi connectivity index (χ0v) is 21.2. The van der Waals surface area contributed by atoms with Crippen molar-refractivity contribution in [2.45, 2.75) is 39.5 Å². The molecule has 36 heavy (non-hydrogen) atoms. The first-order chi connectivity index (χ1) is 17.4. The molecule has 0 aliphatic rings. The maximum absolute atomic E-state index is 12.8. The lowest BCUT2D eigenvalue weighted by molar-refractivity contribution is 0.0966. The van der Waals surface area contributed by atoms with Gasteiger partial charge in [0.25, 0.3) is 5.91 Å². The second-order valence-corrected chi connectivity index (χ2v) is 8.36. The molecule has 4 N–H and O–H groups in total. The van der Waals surface area contributed by atoms with E-state index in [1.807, 2.05) is 37.3 Å². The Balaban J connectivity index is 2.23. The van der Waals surface area contributed by atoms with Crippen molar-refractivity contribution in [3.05, 3.63) is 126 Å². The zero-order valence-electron chi connectivity index (χ0n) is 21.2. The third kappa shape index (κ3) is 7.64. The van der Waals surface area contributed by atoms with Crippen LogP contribution in [0.5, 0.6) is 5.75 Å². The molecule has 0 bridgehead atoms. The molecule has 0 atom stereocenters. The van der Waals surface area contributed by atoms with Crippen molar-refractivity contribution >= 4 is 17.2 Å². The van der Waals surface area contributed by atoms with E-state index in [9.17, 15) is 15.0 Å². The average Bonchev–Trinajstić information content (AvgIpc) is 2.88. The van der Waals surface area contributed by atoms with Crippen LogP contribution in [-0.2, 0) is 0 Å². The van der Waals surface area contributed by atoms with E-state index in [0.717, 1.165) is 54.2 Å². The van der Waals surface area contributed by atoms with Crippen LogP contribution in [0.25, 0.3) is 5.57 Å². The predicted molar refractivity (Wildman–Crippen MR) is 151 cm³/mol. The molecule has 2 aromatic rings. The summed E-state index contributed by atoms with van der Waals surface area (Å²) in [6, 6.07) is 14.4. The zero-order chi connectivity index (χ0) is 26.5. The molecule has 2 rings (SSSR count). The van der Waals surface area contributed by atoms with E-state index in [1.165, 1.54) is 12.1 Å². The van der Waals surface area contributed by atoms with Crippen molar-refractivity contribution in [2.75, 3.05) is 5.32 Å². The Morgan fingerprint density at radius 3 is 2.33 bits per heavy atom. The monoisotopic (exact) mass is 484 g/mol. The number of phenolic OH excluding ortho intramolecular Hbond substituents is 1. The number of aliphatic hydroxyl groups excluding tert-OH is 1. The molecule has 0 aliphatic heterocycles. The molecule has 188 valence electrons. The third-order valence-electron chi connectivity index (χ3n) is 5.76. The van der Waals surface area contributed by atoms with Gasteiger partial charge < -0.3 is 20.8 Å². The second kappa shape index (κ2) is 14.2. The lowest BCUT2D eigenvalue weighted by atomic mass is 9.98. The van der Waals surface area contributed by atoms with Crippen LogP contribution in [-0.4, -0.2) is 16.1 Å². The van der Waals surface area contributed by atoms with Crippen LogP contribution in [0.4, 0.5) is 5.69 Å². The number of allylic oxidation sites excluding steroid dienone is 5. The fourth-order valence-corrected chi connectivity index (χ4v) is 3.74. The first kappa shape index (κ1) is 28.0. The van der Waals surface area contributed by atoms with Crippen LogP contribution in [0, 0.1) is 0 Å². The van der Waals surface area contributed by atoms with Crippen LogP contribution in [0.1, 0.15) is 55.5 Å². The number of phenols is 1. The quantitative estimate of drug-likeness (QED) is 0.101. The van der Waals surface area contributed by atoms with E-state index in [2.05, 4.69) is 37.3 Å². The summed E-state index contributed by atoms with van der Waals surface area (Å²) >= 11 is 0. The van der Waals surface area contributed by atoms with Gasteiger partial charge in [-0.25, -0.2) is 0 Å². The number of aromatic hydroxyl groups is 1. The minimum absolute atomic E-state index is 0.102. The van der Waals surface area contributed by atoms with Crippen LogP contribution in [0.3, 0.4) is 0 Å². The molecule has 0 fully saturated rings. The highest BCUT2D eigenvalue weighted by Gasteiger charge is 2.14. The molecular formula is C31H36N2O3. The summed E-state index contributed by atoms with van der Waals surface area (Å²) in [4.78, 5) is 12.8. The van der Waals surface area contributed by atoms with Crippen LogP contribution in [0.15, 0.2) is 115 Å². The highest BCUT2D eigenvalue weighted by atomic mass is 16.3. The molecule has 0 saturated heterocycles. The molecule has 0 aliphatic carbocycles. The number of aliphatic hydroxyl groups is 1. The standard InChI is InChI=1S/C31H36N2O3/c1-6-9-11-14-22(4)28(19-20-34)33-31(36)25-17-18-29(30(35)21-25)32-23(5)26(7-2)27(8-3)24-15-12-10-13-16-24/h7-8,10,12-13,15-21,32,34-35H,2-3,5-6,9,11,14H2,1,4H3,(H,33,36)/b20-19-,27-26-,28-22-. The summed E-state index contributed by atoms with van der Waals surface area (Å²) in [6.07, 6.45) is 9.81. The normalized spacial score (nSPS) is 12.4. The number of hydrogen-bond acceptors (Lipinski definition) is 4. The van der Waals surface area contributed by atoms with Crippen molar-refractivity contribution in [1.82, 2.24) is 5.32 Å². The summed E-state index contributed by atoms with van der Waals surface area (Å²) < 4.78 is 0. The molecule has 0 heterocycles. The van der Waals surface area contributed by atoms with Crippen molar-refractivity contribution in [1.29, 1.82) is 0 Å². The average molecular weight is 485 g/mol. The number of hydrogen-bond donors (Lipinski definition) is 4. The maximum atomic E-state index is 12.8. The fraction of sp³-hybridized carbons (Fsp3) is 0.194. The van der Waals surface area contributed by atoms with Gasteiger partial charge in [0.2, 0.25) is 0 Å². The Hall–Kier alpha value is -4.25. The first-order valence-corrected chi connectivity index (χ1v) is 12.0. The van der Waals surface area contributed by atoms with E-state index in [-0.39, 0.29) is 17.2 Å². The first-order valence-electron chi connectivity index (χ1n) is 12.0. The van der Waals surface area contributed by atoms with E-state index in [0.29, 0.717) is 17.1 Å². The minimum Gasteiger partial charge on any atom is -0.516 e. The largest absolute Gasteiger partial charge is 0.516 e. The molecule has 0 radical (unpaired) electrons. The topological polar surface area (TPSA) is 81.6 Å². The SMILES string of the molecule is C=C/C(C(=C)Nc1ccc(C(=O)NC(/C=C\O)=C(/C)CCCCC)cc1O)=C(\C=C)c1ccccc1. The summed E-state index contributed by atoms with van der Waals surface area (Å²) in [5, 5.41) is 25.8. The predicted octanol–water partition coefficient (Wildman–Crippen LogP) is 7.80. The summed E-state index contributed by atoms with van der Waals surface area (Å²) in [5.41, 5.74) is 5.28. The maximum Gasteiger partial charge on any atom is 0.255 e. The van der Waals surface area contributed by atoms with Crippen molar-refractivity contribution < 1.29 is 15.0 Å². The van der Waals surface area contributed by atoms with Gasteiger partial charge >= 0.3 is 0 Å². The minimum atomic E-state index is -0.386. The van der Waals surface area contributed by atoms with Crippen LogP contribution >= 0.6 is 0 Å². The lowest BCUT2D eigenvalue weighted by Crippen LogP contribution is -2.23. The van der Waals surface area contributed by atoms with Crippen molar-refractivity contribution in [2.24, 2.45) is 0 Å². The lowest BCUT2D eigenvalue weighted by Gasteiger charge is -2.16. The number of unbranched alkanes of at least 4 members (excludes halogenated alkanes) is 2. The Morgan fingerprint density at radius 1 is 1.03 bits per heavy atom. The number of rotatable bonds is 13. The van der Waals surface area contributed by atoms with Gasteiger partial charge in [0, 0.05) is 22.5 Å². The summed E-state index contributed by atoms with van der Waals surface area (Å²) in [7, 11) is 0. The Morgan fingerprint density at radius 2 is 1.75 bits per heavy atom. The van der Waals surface area contributed by atoms with Crippen molar-refractivity contribution in [3.8, 4) is 5.75 Å². The van der Waals surface area contributed by atoms with Crippen molar-refractivity contribution in [3.63, 3.8) is 0 Å². The van der Waals surface area contributed by atoms with E-state index < -0.39 is 0 Å². The van der Waals surface area contributed by atoms with E-state index in [4.69, 9.17) is 0 Å².